The molecule has 0 unspecified atom stereocenters. The number of rotatable bonds is 8. The van der Waals surface area contributed by atoms with Crippen LogP contribution in [-0.4, -0.2) is 59.8 Å². The highest BCUT2D eigenvalue weighted by Crippen LogP contribution is 2.30. The standard InChI is InChI=1S/C25H28N2O4.2BrH/c1-26(22(28)18-12-6-7-13-19(18)23(26)29)16-10-4-3-5-11-17-27(2)24(30)20-14-8-9-15-21(20)25(27)31;;/h6-9,12-15H,3-5,10-11,16-17H2,1-2H3;2*1H/q+2;;/p-2. The Morgan fingerprint density at radius 2 is 0.727 bits per heavy atom. The van der Waals surface area contributed by atoms with Crippen molar-refractivity contribution in [3.05, 3.63) is 70.8 Å². The van der Waals surface area contributed by atoms with Crippen molar-refractivity contribution in [2.24, 2.45) is 0 Å². The lowest BCUT2D eigenvalue weighted by Gasteiger charge is -2.24. The third-order valence-corrected chi connectivity index (χ3v) is 6.78. The van der Waals surface area contributed by atoms with Crippen LogP contribution in [0.1, 0.15) is 73.5 Å². The van der Waals surface area contributed by atoms with Crippen LogP contribution in [-0.2, 0) is 0 Å². The molecule has 0 N–H and O–H groups in total. The predicted molar refractivity (Wildman–Crippen MR) is 115 cm³/mol. The van der Waals surface area contributed by atoms with Gasteiger partial charge in [-0.1, -0.05) is 30.7 Å². The van der Waals surface area contributed by atoms with E-state index in [2.05, 4.69) is 0 Å². The van der Waals surface area contributed by atoms with Crippen molar-refractivity contribution in [3.8, 4) is 0 Å². The number of quaternary nitrogens is 2. The molecule has 0 aliphatic carbocycles. The lowest BCUT2D eigenvalue weighted by atomic mass is 10.1. The summed E-state index contributed by atoms with van der Waals surface area (Å²) in [6, 6.07) is 14.1. The molecular weight excluding hydrogens is 552 g/mol. The molecule has 0 saturated carbocycles. The third-order valence-electron chi connectivity index (χ3n) is 6.78. The minimum absolute atomic E-state index is 0. The van der Waals surface area contributed by atoms with E-state index >= 15 is 0 Å². The van der Waals surface area contributed by atoms with Crippen molar-refractivity contribution < 1.29 is 62.1 Å². The lowest BCUT2D eigenvalue weighted by Crippen LogP contribution is -3.00. The Labute approximate surface area is 215 Å². The molecule has 4 rings (SSSR count). The number of halogens is 2. The molecule has 2 aliphatic heterocycles. The van der Waals surface area contributed by atoms with Crippen molar-refractivity contribution in [3.63, 3.8) is 0 Å². The Morgan fingerprint density at radius 3 is 1.00 bits per heavy atom. The summed E-state index contributed by atoms with van der Waals surface area (Å²) in [5, 5.41) is 0. The Balaban J connectivity index is 0.00000193. The molecule has 176 valence electrons. The number of fused-ring (bicyclic) bond motifs is 2. The number of imide groups is 2. The van der Waals surface area contributed by atoms with E-state index in [-0.39, 0.29) is 66.6 Å². The van der Waals surface area contributed by atoms with Crippen LogP contribution in [0.4, 0.5) is 0 Å². The smallest absolute Gasteiger partial charge is 0.354 e. The number of unbranched alkanes of at least 4 members (excludes halogenated alkanes) is 4. The van der Waals surface area contributed by atoms with E-state index in [4.69, 9.17) is 0 Å². The average Bonchev–Trinajstić information content (AvgIpc) is 3.10. The molecule has 2 heterocycles. The van der Waals surface area contributed by atoms with E-state index in [0.29, 0.717) is 35.3 Å². The minimum Gasteiger partial charge on any atom is -1.00 e. The molecular formula is C25H28Br2N2O4. The van der Waals surface area contributed by atoms with Gasteiger partial charge in [0.25, 0.3) is 0 Å². The lowest BCUT2D eigenvalue weighted by molar-refractivity contribution is -0.741. The van der Waals surface area contributed by atoms with Crippen molar-refractivity contribution in [2.75, 3.05) is 27.2 Å². The molecule has 8 heteroatoms. The van der Waals surface area contributed by atoms with Crippen LogP contribution in [0, 0.1) is 0 Å². The number of hydrogen-bond donors (Lipinski definition) is 0. The second-order valence-electron chi connectivity index (χ2n) is 8.91. The van der Waals surface area contributed by atoms with Gasteiger partial charge in [-0.3, -0.25) is 0 Å². The summed E-state index contributed by atoms with van der Waals surface area (Å²) in [4.78, 5) is 50.9. The number of benzene rings is 2. The van der Waals surface area contributed by atoms with Gasteiger partial charge in [0, 0.05) is 0 Å². The van der Waals surface area contributed by atoms with Gasteiger partial charge in [-0.15, -0.1) is 0 Å². The SMILES string of the molecule is C[N+]1(CCCCCCC[N+]2(C)C(=O)c3ccccc3C2=O)C(=O)c2ccccc2C1=O.[Br-].[Br-]. The van der Waals surface area contributed by atoms with E-state index in [1.54, 1.807) is 62.6 Å². The summed E-state index contributed by atoms with van der Waals surface area (Å²) in [6.07, 6.45) is 4.28. The maximum Gasteiger partial charge on any atom is 0.354 e. The Bertz CT molecular complexity index is 944. The maximum atomic E-state index is 12.7. The molecule has 0 spiro atoms. The van der Waals surface area contributed by atoms with Crippen LogP contribution in [0.5, 0.6) is 0 Å². The largest absolute Gasteiger partial charge is 1.00 e. The van der Waals surface area contributed by atoms with Crippen molar-refractivity contribution in [2.45, 2.75) is 32.1 Å². The summed E-state index contributed by atoms with van der Waals surface area (Å²) >= 11 is 0. The quantitative estimate of drug-likeness (QED) is 0.203. The van der Waals surface area contributed by atoms with Crippen LogP contribution in [0.2, 0.25) is 0 Å². The third kappa shape index (κ3) is 4.54. The molecule has 2 aromatic carbocycles. The highest BCUT2D eigenvalue weighted by Gasteiger charge is 2.50. The summed E-state index contributed by atoms with van der Waals surface area (Å²) in [7, 11) is 3.41. The average molecular weight is 580 g/mol. The Kier molecular flexibility index (Phi) is 8.68. The summed E-state index contributed by atoms with van der Waals surface area (Å²) in [6.45, 7) is 0.985. The van der Waals surface area contributed by atoms with Crippen molar-refractivity contribution in [1.29, 1.82) is 0 Å². The maximum absolute atomic E-state index is 12.7. The van der Waals surface area contributed by atoms with E-state index < -0.39 is 0 Å². The molecule has 2 aliphatic rings. The summed E-state index contributed by atoms with van der Waals surface area (Å²) < 4.78 is -0.370. The van der Waals surface area contributed by atoms with E-state index in [1.165, 1.54) is 0 Å². The fourth-order valence-corrected chi connectivity index (χ4v) is 4.75. The molecule has 0 saturated heterocycles. The number of carbonyl (C=O) groups is 4. The first-order valence-corrected chi connectivity index (χ1v) is 10.9. The number of hydrogen-bond acceptors (Lipinski definition) is 4. The molecule has 33 heavy (non-hydrogen) atoms. The molecule has 0 aromatic heterocycles. The van der Waals surface area contributed by atoms with Gasteiger partial charge in [-0.2, -0.15) is 8.97 Å². The zero-order chi connectivity index (χ0) is 22.2. The second-order valence-corrected chi connectivity index (χ2v) is 8.91. The van der Waals surface area contributed by atoms with Gasteiger partial charge < -0.3 is 34.0 Å². The van der Waals surface area contributed by atoms with E-state index in [1.807, 2.05) is 0 Å². The zero-order valence-corrected chi connectivity index (χ0v) is 22.0. The van der Waals surface area contributed by atoms with Crippen molar-refractivity contribution >= 4 is 23.6 Å². The molecule has 2 aromatic rings. The fraction of sp³-hybridized carbons (Fsp3) is 0.360. The predicted octanol–water partition coefficient (Wildman–Crippen LogP) is -2.17. The van der Waals surface area contributed by atoms with Gasteiger partial charge >= 0.3 is 23.6 Å². The first-order valence-electron chi connectivity index (χ1n) is 10.9. The summed E-state index contributed by atoms with van der Waals surface area (Å²) in [5.41, 5.74) is 2.08. The van der Waals surface area contributed by atoms with Crippen LogP contribution < -0.4 is 34.0 Å². The van der Waals surface area contributed by atoms with Gasteiger partial charge in [-0.05, 0) is 49.9 Å². The second kappa shape index (κ2) is 10.5. The van der Waals surface area contributed by atoms with Gasteiger partial charge in [0.15, 0.2) is 0 Å². The normalized spacial score (nSPS) is 17.3. The molecule has 6 nitrogen and oxygen atoms in total. The highest BCUT2D eigenvalue weighted by atomic mass is 79.9. The molecule has 0 bridgehead atoms. The molecule has 0 atom stereocenters. The Hall–Kier alpha value is -2.00. The molecule has 4 amide bonds. The van der Waals surface area contributed by atoms with Gasteiger partial charge in [0.1, 0.15) is 0 Å². The van der Waals surface area contributed by atoms with Crippen LogP contribution in [0.25, 0.3) is 0 Å². The summed E-state index contributed by atoms with van der Waals surface area (Å²) in [5.74, 6) is -0.486. The van der Waals surface area contributed by atoms with Crippen molar-refractivity contribution in [1.82, 2.24) is 0 Å². The fourth-order valence-electron chi connectivity index (χ4n) is 4.75. The minimum atomic E-state index is -0.185. The van der Waals surface area contributed by atoms with Gasteiger partial charge in [0.2, 0.25) is 0 Å². The van der Waals surface area contributed by atoms with Crippen LogP contribution >= 0.6 is 0 Å². The number of amides is 4. The number of nitrogens with zero attached hydrogens (tertiary/aromatic N) is 2. The first-order chi connectivity index (χ1) is 14.8. The van der Waals surface area contributed by atoms with Crippen LogP contribution in [0.15, 0.2) is 48.5 Å². The first kappa shape index (κ1) is 27.2. The van der Waals surface area contributed by atoms with Crippen LogP contribution in [0.3, 0.4) is 0 Å². The molecule has 0 radical (unpaired) electrons. The van der Waals surface area contributed by atoms with E-state index in [9.17, 15) is 19.2 Å². The van der Waals surface area contributed by atoms with Gasteiger partial charge in [0.05, 0.1) is 49.4 Å². The zero-order valence-electron chi connectivity index (χ0n) is 18.9. The Morgan fingerprint density at radius 1 is 0.485 bits per heavy atom. The monoisotopic (exact) mass is 578 g/mol. The topological polar surface area (TPSA) is 68.3 Å². The highest BCUT2D eigenvalue weighted by molar-refractivity contribution is 6.14. The number of carbonyl (C=O) groups excluding carboxylic acids is 4. The van der Waals surface area contributed by atoms with E-state index in [0.717, 1.165) is 32.1 Å². The van der Waals surface area contributed by atoms with Gasteiger partial charge in [-0.25, -0.2) is 19.2 Å². The molecule has 0 fully saturated rings.